The molecule has 1 saturated carbocycles. The van der Waals surface area contributed by atoms with Crippen LogP contribution in [0.5, 0.6) is 0 Å². The highest BCUT2D eigenvalue weighted by molar-refractivity contribution is 4.93. The van der Waals surface area contributed by atoms with Crippen LogP contribution in [-0.4, -0.2) is 48.3 Å². The molecule has 2 aliphatic rings. The van der Waals surface area contributed by atoms with Crippen LogP contribution in [0.15, 0.2) is 0 Å². The maximum Gasteiger partial charge on any atom is 0.0623 e. The van der Waals surface area contributed by atoms with Crippen LogP contribution in [0.2, 0.25) is 0 Å². The second-order valence-electron chi connectivity index (χ2n) is 5.89. The Hall–Kier alpha value is -0.120. The van der Waals surface area contributed by atoms with E-state index in [0.29, 0.717) is 0 Å². The van der Waals surface area contributed by atoms with E-state index >= 15 is 0 Å². The number of likely N-dealkylation sites (tertiary alicyclic amines) is 1. The first-order valence-electron chi connectivity index (χ1n) is 6.75. The zero-order valence-electron chi connectivity index (χ0n) is 10.7. The molecule has 0 bridgehead atoms. The lowest BCUT2D eigenvalue weighted by atomic mass is 10.0. The third-order valence-corrected chi connectivity index (χ3v) is 4.33. The van der Waals surface area contributed by atoms with Crippen LogP contribution in [0.25, 0.3) is 0 Å². The average molecular weight is 226 g/mol. The Morgan fingerprint density at radius 1 is 1.31 bits per heavy atom. The molecule has 0 aromatic rings. The quantitative estimate of drug-likeness (QED) is 0.736. The number of aliphatic hydroxyl groups excluding tert-OH is 1. The maximum atomic E-state index is 9.49. The topological polar surface area (TPSA) is 35.5 Å². The number of rotatable bonds is 5. The summed E-state index contributed by atoms with van der Waals surface area (Å²) in [4.78, 5) is 2.55. The van der Waals surface area contributed by atoms with E-state index in [1.165, 1.54) is 32.4 Å². The van der Waals surface area contributed by atoms with Crippen molar-refractivity contribution in [3.05, 3.63) is 0 Å². The first kappa shape index (κ1) is 12.3. The third-order valence-electron chi connectivity index (χ3n) is 4.33. The van der Waals surface area contributed by atoms with Crippen molar-refractivity contribution >= 4 is 0 Å². The van der Waals surface area contributed by atoms with Crippen LogP contribution >= 0.6 is 0 Å². The minimum Gasteiger partial charge on any atom is -0.394 e. The molecule has 0 spiro atoms. The van der Waals surface area contributed by atoms with Crippen molar-refractivity contribution in [1.29, 1.82) is 0 Å². The zero-order chi connectivity index (χ0) is 11.6. The normalized spacial score (nSPS) is 33.9. The highest BCUT2D eigenvalue weighted by Crippen LogP contribution is 2.37. The molecule has 1 saturated heterocycles. The van der Waals surface area contributed by atoms with Crippen molar-refractivity contribution in [2.75, 3.05) is 32.8 Å². The van der Waals surface area contributed by atoms with Crippen LogP contribution in [0.1, 0.15) is 33.1 Å². The van der Waals surface area contributed by atoms with Crippen LogP contribution in [-0.2, 0) is 0 Å². The van der Waals surface area contributed by atoms with Gasteiger partial charge >= 0.3 is 0 Å². The Bertz CT molecular complexity index is 222. The summed E-state index contributed by atoms with van der Waals surface area (Å²) in [6, 6.07) is 0. The highest BCUT2D eigenvalue weighted by Gasteiger charge is 2.38. The molecule has 16 heavy (non-hydrogen) atoms. The van der Waals surface area contributed by atoms with E-state index in [2.05, 4.69) is 24.1 Å². The van der Waals surface area contributed by atoms with Crippen LogP contribution < -0.4 is 5.32 Å². The molecule has 0 aromatic carbocycles. The van der Waals surface area contributed by atoms with Crippen molar-refractivity contribution in [2.24, 2.45) is 11.8 Å². The monoisotopic (exact) mass is 226 g/mol. The molecule has 2 fully saturated rings. The Labute approximate surface area is 99.2 Å². The van der Waals surface area contributed by atoms with Crippen molar-refractivity contribution in [2.45, 2.75) is 38.6 Å². The smallest absolute Gasteiger partial charge is 0.0623 e. The number of hydrogen-bond donors (Lipinski definition) is 2. The maximum absolute atomic E-state index is 9.49. The summed E-state index contributed by atoms with van der Waals surface area (Å²) < 4.78 is 0. The van der Waals surface area contributed by atoms with Crippen LogP contribution in [0, 0.1) is 11.8 Å². The van der Waals surface area contributed by atoms with E-state index in [-0.39, 0.29) is 12.1 Å². The van der Waals surface area contributed by atoms with Gasteiger partial charge in [-0.15, -0.1) is 0 Å². The van der Waals surface area contributed by atoms with Gasteiger partial charge in [-0.1, -0.05) is 13.3 Å². The SMILES string of the molecule is CCNC(C)(CO)CN1CC2CCCC2C1. The van der Waals surface area contributed by atoms with Crippen LogP contribution in [0.4, 0.5) is 0 Å². The molecule has 0 aromatic heterocycles. The number of nitrogens with zero attached hydrogens (tertiary/aromatic N) is 1. The fourth-order valence-corrected chi connectivity index (χ4v) is 3.54. The second-order valence-corrected chi connectivity index (χ2v) is 5.89. The van der Waals surface area contributed by atoms with Crippen molar-refractivity contribution < 1.29 is 5.11 Å². The molecule has 0 radical (unpaired) electrons. The Morgan fingerprint density at radius 2 is 1.94 bits per heavy atom. The van der Waals surface area contributed by atoms with E-state index in [9.17, 15) is 5.11 Å². The summed E-state index contributed by atoms with van der Waals surface area (Å²) in [5.74, 6) is 1.90. The van der Waals surface area contributed by atoms with Gasteiger partial charge in [0.1, 0.15) is 0 Å². The molecule has 3 heteroatoms. The Kier molecular flexibility index (Phi) is 3.88. The van der Waals surface area contributed by atoms with Gasteiger partial charge in [-0.2, -0.15) is 0 Å². The van der Waals surface area contributed by atoms with Gasteiger partial charge in [0, 0.05) is 19.6 Å². The first-order chi connectivity index (χ1) is 7.67. The number of aliphatic hydroxyl groups is 1. The van der Waals surface area contributed by atoms with Gasteiger partial charge in [-0.25, -0.2) is 0 Å². The van der Waals surface area contributed by atoms with Crippen LogP contribution in [0.3, 0.4) is 0 Å². The van der Waals surface area contributed by atoms with Gasteiger partial charge in [0.05, 0.1) is 12.1 Å². The Balaban J connectivity index is 1.85. The van der Waals surface area contributed by atoms with Gasteiger partial charge in [0.25, 0.3) is 0 Å². The summed E-state index contributed by atoms with van der Waals surface area (Å²) >= 11 is 0. The first-order valence-corrected chi connectivity index (χ1v) is 6.75. The standard InChI is InChI=1S/C13H26N2O/c1-3-14-13(2,10-16)9-15-7-11-5-4-6-12(11)8-15/h11-12,14,16H,3-10H2,1-2H3. The molecule has 3 unspecified atom stereocenters. The zero-order valence-corrected chi connectivity index (χ0v) is 10.7. The van der Waals surface area contributed by atoms with Gasteiger partial charge in [0.15, 0.2) is 0 Å². The second kappa shape index (κ2) is 5.03. The fraction of sp³-hybridized carbons (Fsp3) is 1.00. The molecule has 3 nitrogen and oxygen atoms in total. The predicted octanol–water partition coefficient (Wildman–Crippen LogP) is 1.08. The molecule has 1 heterocycles. The Morgan fingerprint density at radius 3 is 2.44 bits per heavy atom. The molecule has 2 N–H and O–H groups in total. The molecular formula is C13H26N2O. The van der Waals surface area contributed by atoms with Crippen molar-refractivity contribution in [3.63, 3.8) is 0 Å². The number of nitrogens with one attached hydrogen (secondary N) is 1. The average Bonchev–Trinajstić information content (AvgIpc) is 2.78. The predicted molar refractivity (Wildman–Crippen MR) is 66.4 cm³/mol. The number of fused-ring (bicyclic) bond motifs is 1. The molecular weight excluding hydrogens is 200 g/mol. The van der Waals surface area contributed by atoms with Crippen molar-refractivity contribution in [3.8, 4) is 0 Å². The summed E-state index contributed by atoms with van der Waals surface area (Å²) in [6.45, 7) is 8.89. The minimum atomic E-state index is -0.118. The van der Waals surface area contributed by atoms with E-state index in [0.717, 1.165) is 24.9 Å². The van der Waals surface area contributed by atoms with Gasteiger partial charge in [-0.05, 0) is 38.1 Å². The summed E-state index contributed by atoms with van der Waals surface area (Å²) in [6.07, 6.45) is 4.30. The van der Waals surface area contributed by atoms with E-state index in [4.69, 9.17) is 0 Å². The fourth-order valence-electron chi connectivity index (χ4n) is 3.54. The van der Waals surface area contributed by atoms with E-state index < -0.39 is 0 Å². The third kappa shape index (κ3) is 2.58. The molecule has 1 aliphatic heterocycles. The highest BCUT2D eigenvalue weighted by atomic mass is 16.3. The van der Waals surface area contributed by atoms with Gasteiger partial charge < -0.3 is 15.3 Å². The minimum absolute atomic E-state index is 0.118. The molecule has 3 atom stereocenters. The molecule has 1 aliphatic carbocycles. The number of likely N-dealkylation sites (N-methyl/N-ethyl adjacent to an activating group) is 1. The molecule has 0 amide bonds. The van der Waals surface area contributed by atoms with E-state index in [1.54, 1.807) is 0 Å². The van der Waals surface area contributed by atoms with Crippen molar-refractivity contribution in [1.82, 2.24) is 10.2 Å². The lowest BCUT2D eigenvalue weighted by Crippen LogP contribution is -2.53. The van der Waals surface area contributed by atoms with Gasteiger partial charge in [-0.3, -0.25) is 0 Å². The largest absolute Gasteiger partial charge is 0.394 e. The number of hydrogen-bond acceptors (Lipinski definition) is 3. The summed E-state index contributed by atoms with van der Waals surface area (Å²) in [7, 11) is 0. The lowest BCUT2D eigenvalue weighted by molar-refractivity contribution is 0.129. The van der Waals surface area contributed by atoms with E-state index in [1.807, 2.05) is 0 Å². The molecule has 94 valence electrons. The lowest BCUT2D eigenvalue weighted by Gasteiger charge is -2.33. The molecule has 2 rings (SSSR count). The summed E-state index contributed by atoms with van der Waals surface area (Å²) in [5.41, 5.74) is -0.118. The van der Waals surface area contributed by atoms with Gasteiger partial charge in [0.2, 0.25) is 0 Å². The summed E-state index contributed by atoms with van der Waals surface area (Å²) in [5, 5.41) is 12.9.